The van der Waals surface area contributed by atoms with E-state index in [0.717, 1.165) is 16.7 Å². The molecule has 0 aliphatic carbocycles. The van der Waals surface area contributed by atoms with Crippen LogP contribution in [0.4, 0.5) is 17.1 Å². The summed E-state index contributed by atoms with van der Waals surface area (Å²) >= 11 is 0. The number of para-hydroxylation sites is 2. The Balaban J connectivity index is 1.57. The summed E-state index contributed by atoms with van der Waals surface area (Å²) in [5.41, 5.74) is 6.04. The first-order valence-corrected chi connectivity index (χ1v) is 12.4. The van der Waals surface area contributed by atoms with Gasteiger partial charge in [0, 0.05) is 11.8 Å². The van der Waals surface area contributed by atoms with Crippen molar-refractivity contribution in [3.63, 3.8) is 0 Å². The summed E-state index contributed by atoms with van der Waals surface area (Å²) in [6.45, 7) is 10.4. The summed E-state index contributed by atoms with van der Waals surface area (Å²) in [5, 5.41) is 5.70. The standard InChI is InChI=1S/C31H33N3O3/c1-20-10-16-24(18-21(20)2)32-28(35)19-27-30(37)33-25-8-6-7-9-26(25)34(27)29(36)17-13-22-11-14-23(15-12-22)31(3,4)5/h6-18,27H,19H2,1-5H3,(H,32,35)(H,33,37)/b17-13+/t27-/m1/s1. The number of hydrogen-bond acceptors (Lipinski definition) is 3. The van der Waals surface area contributed by atoms with E-state index < -0.39 is 11.9 Å². The fourth-order valence-corrected chi connectivity index (χ4v) is 4.30. The Morgan fingerprint density at radius 2 is 1.68 bits per heavy atom. The molecule has 1 heterocycles. The average Bonchev–Trinajstić information content (AvgIpc) is 2.85. The van der Waals surface area contributed by atoms with Crippen LogP contribution in [0.25, 0.3) is 6.08 Å². The van der Waals surface area contributed by atoms with Crippen LogP contribution in [0.3, 0.4) is 0 Å². The predicted molar refractivity (Wildman–Crippen MR) is 150 cm³/mol. The van der Waals surface area contributed by atoms with E-state index in [4.69, 9.17) is 0 Å². The van der Waals surface area contributed by atoms with E-state index in [0.29, 0.717) is 17.1 Å². The van der Waals surface area contributed by atoms with Gasteiger partial charge in [-0.3, -0.25) is 19.3 Å². The predicted octanol–water partition coefficient (Wildman–Crippen LogP) is 6.00. The molecule has 4 rings (SSSR count). The molecule has 0 unspecified atom stereocenters. The second-order valence-electron chi connectivity index (χ2n) is 10.5. The second kappa shape index (κ2) is 10.4. The third-order valence-electron chi connectivity index (χ3n) is 6.64. The molecule has 0 spiro atoms. The highest BCUT2D eigenvalue weighted by atomic mass is 16.2. The lowest BCUT2D eigenvalue weighted by Gasteiger charge is -2.35. The maximum absolute atomic E-state index is 13.5. The van der Waals surface area contributed by atoms with Crippen molar-refractivity contribution in [2.75, 3.05) is 15.5 Å². The first-order valence-electron chi connectivity index (χ1n) is 12.4. The molecule has 1 aliphatic rings. The quantitative estimate of drug-likeness (QED) is 0.426. The SMILES string of the molecule is Cc1ccc(NC(=O)C[C@@H]2C(=O)Nc3ccccc3N2C(=O)/C=C/c2ccc(C(C)(C)C)cc2)cc1C. The fourth-order valence-electron chi connectivity index (χ4n) is 4.30. The number of carbonyl (C=O) groups is 3. The van der Waals surface area contributed by atoms with Gasteiger partial charge in [0.25, 0.3) is 5.91 Å². The highest BCUT2D eigenvalue weighted by Gasteiger charge is 2.37. The molecule has 0 fully saturated rings. The van der Waals surface area contributed by atoms with Crippen molar-refractivity contribution in [1.29, 1.82) is 0 Å². The van der Waals surface area contributed by atoms with Gasteiger partial charge in [-0.1, -0.05) is 63.2 Å². The summed E-state index contributed by atoms with van der Waals surface area (Å²) in [5.74, 6) is -1.11. The minimum absolute atomic E-state index is 0.0357. The summed E-state index contributed by atoms with van der Waals surface area (Å²) in [6, 6.07) is 19.8. The van der Waals surface area contributed by atoms with E-state index in [2.05, 4.69) is 31.4 Å². The van der Waals surface area contributed by atoms with Crippen LogP contribution < -0.4 is 15.5 Å². The van der Waals surface area contributed by atoms with Crippen LogP contribution in [0.1, 0.15) is 49.4 Å². The number of amides is 3. The van der Waals surface area contributed by atoms with Crippen molar-refractivity contribution >= 4 is 40.9 Å². The summed E-state index contributed by atoms with van der Waals surface area (Å²) < 4.78 is 0. The molecule has 37 heavy (non-hydrogen) atoms. The Morgan fingerprint density at radius 3 is 2.35 bits per heavy atom. The van der Waals surface area contributed by atoms with Crippen LogP contribution in [-0.2, 0) is 19.8 Å². The Morgan fingerprint density at radius 1 is 0.973 bits per heavy atom. The van der Waals surface area contributed by atoms with Crippen LogP contribution in [-0.4, -0.2) is 23.8 Å². The van der Waals surface area contributed by atoms with E-state index in [1.54, 1.807) is 30.3 Å². The minimum Gasteiger partial charge on any atom is -0.326 e. The molecule has 3 aromatic carbocycles. The van der Waals surface area contributed by atoms with E-state index in [9.17, 15) is 14.4 Å². The van der Waals surface area contributed by atoms with Crippen LogP contribution in [0.5, 0.6) is 0 Å². The van der Waals surface area contributed by atoms with E-state index >= 15 is 0 Å². The zero-order valence-electron chi connectivity index (χ0n) is 22.0. The normalized spacial score (nSPS) is 15.3. The molecule has 0 radical (unpaired) electrons. The molecule has 1 atom stereocenters. The third kappa shape index (κ3) is 5.97. The molecule has 0 aromatic heterocycles. The molecule has 6 nitrogen and oxygen atoms in total. The Kier molecular flexibility index (Phi) is 7.30. The van der Waals surface area contributed by atoms with Gasteiger partial charge in [-0.15, -0.1) is 0 Å². The van der Waals surface area contributed by atoms with E-state index in [-0.39, 0.29) is 23.7 Å². The Bertz CT molecular complexity index is 1370. The van der Waals surface area contributed by atoms with Crippen LogP contribution in [0.15, 0.2) is 72.8 Å². The number of rotatable bonds is 5. The molecule has 2 N–H and O–H groups in total. The zero-order chi connectivity index (χ0) is 26.7. The molecule has 3 aromatic rings. The van der Waals surface area contributed by atoms with Crippen LogP contribution in [0, 0.1) is 13.8 Å². The van der Waals surface area contributed by atoms with Gasteiger partial charge >= 0.3 is 0 Å². The lowest BCUT2D eigenvalue weighted by Crippen LogP contribution is -2.52. The topological polar surface area (TPSA) is 78.5 Å². The zero-order valence-corrected chi connectivity index (χ0v) is 22.0. The molecular formula is C31H33N3O3. The van der Waals surface area contributed by atoms with Crippen molar-refractivity contribution in [3.8, 4) is 0 Å². The second-order valence-corrected chi connectivity index (χ2v) is 10.5. The number of aryl methyl sites for hydroxylation is 2. The van der Waals surface area contributed by atoms with Crippen molar-refractivity contribution < 1.29 is 14.4 Å². The molecule has 0 saturated carbocycles. The number of benzene rings is 3. The fraction of sp³-hybridized carbons (Fsp3) is 0.258. The van der Waals surface area contributed by atoms with Gasteiger partial charge in [0.1, 0.15) is 6.04 Å². The van der Waals surface area contributed by atoms with Gasteiger partial charge in [0.2, 0.25) is 11.8 Å². The first-order chi connectivity index (χ1) is 17.5. The molecular weight excluding hydrogens is 462 g/mol. The van der Waals surface area contributed by atoms with Crippen molar-refractivity contribution in [2.45, 2.75) is 52.5 Å². The number of nitrogens with zero attached hydrogens (tertiary/aromatic N) is 1. The molecule has 190 valence electrons. The highest BCUT2D eigenvalue weighted by molar-refractivity contribution is 6.16. The maximum Gasteiger partial charge on any atom is 0.251 e. The van der Waals surface area contributed by atoms with Crippen LogP contribution >= 0.6 is 0 Å². The van der Waals surface area contributed by atoms with Gasteiger partial charge in [-0.2, -0.15) is 0 Å². The number of anilines is 3. The number of carbonyl (C=O) groups excluding carboxylic acids is 3. The van der Waals surface area contributed by atoms with Crippen molar-refractivity contribution in [1.82, 2.24) is 0 Å². The van der Waals surface area contributed by atoms with E-state index in [1.807, 2.05) is 56.3 Å². The van der Waals surface area contributed by atoms with Crippen molar-refractivity contribution in [3.05, 3.63) is 95.1 Å². The Hall–Kier alpha value is -4.19. The lowest BCUT2D eigenvalue weighted by atomic mass is 9.87. The average molecular weight is 496 g/mol. The van der Waals surface area contributed by atoms with Gasteiger partial charge in [-0.25, -0.2) is 0 Å². The van der Waals surface area contributed by atoms with Gasteiger partial charge in [0.05, 0.1) is 17.8 Å². The summed E-state index contributed by atoms with van der Waals surface area (Å²) in [7, 11) is 0. The smallest absolute Gasteiger partial charge is 0.251 e. The molecule has 6 heteroatoms. The highest BCUT2D eigenvalue weighted by Crippen LogP contribution is 2.33. The molecule has 3 amide bonds. The van der Waals surface area contributed by atoms with E-state index in [1.165, 1.54) is 16.5 Å². The Labute approximate surface area is 218 Å². The molecule has 0 saturated heterocycles. The summed E-state index contributed by atoms with van der Waals surface area (Å²) in [4.78, 5) is 40.9. The number of fused-ring (bicyclic) bond motifs is 1. The monoisotopic (exact) mass is 495 g/mol. The minimum atomic E-state index is -0.984. The van der Waals surface area contributed by atoms with Gasteiger partial charge in [-0.05, 0) is 71.9 Å². The largest absolute Gasteiger partial charge is 0.326 e. The number of hydrogen-bond donors (Lipinski definition) is 2. The van der Waals surface area contributed by atoms with Gasteiger partial charge < -0.3 is 10.6 Å². The molecule has 1 aliphatic heterocycles. The summed E-state index contributed by atoms with van der Waals surface area (Å²) in [6.07, 6.45) is 3.01. The van der Waals surface area contributed by atoms with Gasteiger partial charge in [0.15, 0.2) is 0 Å². The van der Waals surface area contributed by atoms with Crippen molar-refractivity contribution in [2.24, 2.45) is 0 Å². The lowest BCUT2D eigenvalue weighted by molar-refractivity contribution is -0.124. The van der Waals surface area contributed by atoms with Crippen LogP contribution in [0.2, 0.25) is 0 Å². The first kappa shape index (κ1) is 25.9. The maximum atomic E-state index is 13.5. The molecule has 0 bridgehead atoms. The third-order valence-corrected chi connectivity index (χ3v) is 6.64. The number of nitrogens with one attached hydrogen (secondary N) is 2.